The number of halogens is 1. The monoisotopic (exact) mass is 484 g/mol. The van der Waals surface area contributed by atoms with Crippen LogP contribution in [0.5, 0.6) is 0 Å². The van der Waals surface area contributed by atoms with Crippen LogP contribution < -0.4 is 15.4 Å². The molecular formula is C20H21FN10O2S. The summed E-state index contributed by atoms with van der Waals surface area (Å²) < 4.78 is 41.8. The number of hydrogen-bond donors (Lipinski definition) is 4. The number of aromatic amines is 1. The number of nitrogens with one attached hydrogen (secondary N) is 4. The Bertz CT molecular complexity index is 1400. The van der Waals surface area contributed by atoms with Crippen molar-refractivity contribution < 1.29 is 12.8 Å². The van der Waals surface area contributed by atoms with Crippen molar-refractivity contribution in [2.45, 2.75) is 18.7 Å². The summed E-state index contributed by atoms with van der Waals surface area (Å²) in [4.78, 5) is 12.8. The molecule has 0 bridgehead atoms. The topological polar surface area (TPSA) is 163 Å². The quantitative estimate of drug-likeness (QED) is 0.258. The van der Waals surface area contributed by atoms with Crippen LogP contribution in [0.3, 0.4) is 0 Å². The molecule has 12 nitrogen and oxygen atoms in total. The summed E-state index contributed by atoms with van der Waals surface area (Å²) in [5.41, 5.74) is 0.980. The molecule has 0 aliphatic rings. The average molecular weight is 485 g/mol. The van der Waals surface area contributed by atoms with Crippen molar-refractivity contribution in [3.05, 3.63) is 59.8 Å². The Balaban J connectivity index is 1.38. The SMILES string of the molecule is Cc1ccnc(Nc2cc(NCCNS(=O)(=O)c3ccc(F)c(-c4nn[nH]n4)c3)nc(C)n2)c1. The zero-order valence-corrected chi connectivity index (χ0v) is 19.1. The van der Waals surface area contributed by atoms with E-state index in [-0.39, 0.29) is 29.4 Å². The molecule has 0 fully saturated rings. The van der Waals surface area contributed by atoms with Crippen molar-refractivity contribution in [3.8, 4) is 11.4 Å². The standard InChI is InChI=1S/C20H21FN10O2S/c1-12-5-6-22-17(9-12)27-19-11-18(25-13(2)26-19)23-7-8-24-34(32,33)14-3-4-16(21)15(10-14)20-28-30-31-29-20/h3-6,9-11,24H,7-8H2,1-2H3,(H,28,29,30,31)(H2,22,23,25,26,27). The maximum atomic E-state index is 14.1. The zero-order valence-electron chi connectivity index (χ0n) is 18.2. The van der Waals surface area contributed by atoms with E-state index in [0.717, 1.165) is 17.7 Å². The van der Waals surface area contributed by atoms with Gasteiger partial charge in [-0.1, -0.05) is 0 Å². The Morgan fingerprint density at radius 1 is 1.00 bits per heavy atom. The van der Waals surface area contributed by atoms with Gasteiger partial charge in [0, 0.05) is 25.4 Å². The number of benzene rings is 1. The second kappa shape index (κ2) is 9.84. The summed E-state index contributed by atoms with van der Waals surface area (Å²) in [6.45, 7) is 4.02. The zero-order chi connectivity index (χ0) is 24.1. The maximum absolute atomic E-state index is 14.1. The molecule has 3 aromatic heterocycles. The van der Waals surface area contributed by atoms with Gasteiger partial charge in [-0.15, -0.1) is 10.2 Å². The molecule has 4 aromatic rings. The fourth-order valence-corrected chi connectivity index (χ4v) is 4.09. The lowest BCUT2D eigenvalue weighted by atomic mass is 10.2. The molecule has 34 heavy (non-hydrogen) atoms. The summed E-state index contributed by atoms with van der Waals surface area (Å²) in [6, 6.07) is 8.84. The molecule has 0 unspecified atom stereocenters. The Labute approximate surface area is 194 Å². The smallest absolute Gasteiger partial charge is 0.240 e. The molecule has 0 radical (unpaired) electrons. The van der Waals surface area contributed by atoms with Crippen molar-refractivity contribution in [3.63, 3.8) is 0 Å². The first-order valence-electron chi connectivity index (χ1n) is 10.1. The molecule has 0 atom stereocenters. The van der Waals surface area contributed by atoms with Gasteiger partial charge in [-0.2, -0.15) is 5.21 Å². The number of aromatic nitrogens is 7. The molecule has 4 N–H and O–H groups in total. The van der Waals surface area contributed by atoms with Crippen molar-refractivity contribution in [1.82, 2.24) is 40.3 Å². The van der Waals surface area contributed by atoms with Crippen LogP contribution in [0.2, 0.25) is 0 Å². The minimum absolute atomic E-state index is 0.0411. The Morgan fingerprint density at radius 2 is 1.82 bits per heavy atom. The molecule has 176 valence electrons. The third kappa shape index (κ3) is 5.65. The number of pyridine rings is 1. The van der Waals surface area contributed by atoms with Gasteiger partial charge in [-0.25, -0.2) is 32.5 Å². The number of anilines is 3. The van der Waals surface area contributed by atoms with Crippen LogP contribution in [0.25, 0.3) is 11.4 Å². The summed E-state index contributed by atoms with van der Waals surface area (Å²) >= 11 is 0. The molecule has 1 aromatic carbocycles. The van der Waals surface area contributed by atoms with Crippen LogP contribution in [-0.2, 0) is 10.0 Å². The molecule has 0 saturated carbocycles. The molecule has 0 aliphatic carbocycles. The molecule has 14 heteroatoms. The summed E-state index contributed by atoms with van der Waals surface area (Å²) in [5.74, 6) is 1.54. The van der Waals surface area contributed by atoms with E-state index in [4.69, 9.17) is 0 Å². The van der Waals surface area contributed by atoms with E-state index < -0.39 is 15.8 Å². The van der Waals surface area contributed by atoms with Crippen LogP contribution in [0, 0.1) is 19.7 Å². The van der Waals surface area contributed by atoms with E-state index in [2.05, 4.69) is 50.9 Å². The van der Waals surface area contributed by atoms with E-state index in [1.165, 1.54) is 6.07 Å². The van der Waals surface area contributed by atoms with Gasteiger partial charge in [0.25, 0.3) is 0 Å². The minimum atomic E-state index is -3.90. The van der Waals surface area contributed by atoms with Crippen molar-refractivity contribution in [2.24, 2.45) is 0 Å². The second-order valence-electron chi connectivity index (χ2n) is 7.23. The van der Waals surface area contributed by atoms with Crippen molar-refractivity contribution >= 4 is 27.5 Å². The number of aryl methyl sites for hydroxylation is 2. The summed E-state index contributed by atoms with van der Waals surface area (Å²) in [5, 5.41) is 19.1. The summed E-state index contributed by atoms with van der Waals surface area (Å²) in [7, 11) is -3.90. The normalized spacial score (nSPS) is 11.4. The van der Waals surface area contributed by atoms with Crippen LogP contribution in [-0.4, -0.2) is 57.1 Å². The number of H-pyrrole nitrogens is 1. The van der Waals surface area contributed by atoms with Crippen LogP contribution in [0.4, 0.5) is 21.8 Å². The lowest BCUT2D eigenvalue weighted by Crippen LogP contribution is -2.29. The predicted molar refractivity (Wildman–Crippen MR) is 122 cm³/mol. The Morgan fingerprint density at radius 3 is 2.59 bits per heavy atom. The lowest BCUT2D eigenvalue weighted by Gasteiger charge is -2.11. The molecule has 0 saturated heterocycles. The third-order valence-electron chi connectivity index (χ3n) is 4.57. The number of nitrogens with zero attached hydrogens (tertiary/aromatic N) is 6. The first-order valence-corrected chi connectivity index (χ1v) is 11.6. The number of rotatable bonds is 9. The molecular weight excluding hydrogens is 463 g/mol. The highest BCUT2D eigenvalue weighted by atomic mass is 32.2. The van der Waals surface area contributed by atoms with Crippen molar-refractivity contribution in [1.29, 1.82) is 0 Å². The Hall–Kier alpha value is -4.04. The van der Waals surface area contributed by atoms with Gasteiger partial charge in [0.2, 0.25) is 15.8 Å². The van der Waals surface area contributed by atoms with E-state index >= 15 is 0 Å². The van der Waals surface area contributed by atoms with E-state index in [0.29, 0.717) is 23.3 Å². The molecule has 0 aliphatic heterocycles. The highest BCUT2D eigenvalue weighted by Crippen LogP contribution is 2.22. The third-order valence-corrected chi connectivity index (χ3v) is 6.03. The fraction of sp³-hybridized carbons (Fsp3) is 0.200. The maximum Gasteiger partial charge on any atom is 0.240 e. The average Bonchev–Trinajstić information content (AvgIpc) is 3.31. The van der Waals surface area contributed by atoms with Gasteiger partial charge in [0.05, 0.1) is 10.5 Å². The van der Waals surface area contributed by atoms with Crippen molar-refractivity contribution in [2.75, 3.05) is 23.7 Å². The fourth-order valence-electron chi connectivity index (χ4n) is 3.04. The van der Waals surface area contributed by atoms with Gasteiger partial charge >= 0.3 is 0 Å². The highest BCUT2D eigenvalue weighted by molar-refractivity contribution is 7.89. The van der Waals surface area contributed by atoms with Crippen LogP contribution in [0.15, 0.2) is 47.5 Å². The van der Waals surface area contributed by atoms with E-state index in [1.54, 1.807) is 19.2 Å². The van der Waals surface area contributed by atoms with Crippen LogP contribution >= 0.6 is 0 Å². The first kappa shape index (κ1) is 23.1. The molecule has 4 rings (SSSR count). The first-order chi connectivity index (χ1) is 16.3. The van der Waals surface area contributed by atoms with Gasteiger partial charge < -0.3 is 10.6 Å². The van der Waals surface area contributed by atoms with E-state index in [9.17, 15) is 12.8 Å². The van der Waals surface area contributed by atoms with Gasteiger partial charge in [0.1, 0.15) is 29.1 Å². The lowest BCUT2D eigenvalue weighted by molar-refractivity contribution is 0.582. The van der Waals surface area contributed by atoms with Gasteiger partial charge in [0.15, 0.2) is 0 Å². The number of sulfonamides is 1. The largest absolute Gasteiger partial charge is 0.369 e. The van der Waals surface area contributed by atoms with Gasteiger partial charge in [-0.05, 0) is 55.0 Å². The molecule has 0 spiro atoms. The second-order valence-corrected chi connectivity index (χ2v) is 9.00. The summed E-state index contributed by atoms with van der Waals surface area (Å²) in [6.07, 6.45) is 1.70. The number of hydrogen-bond acceptors (Lipinski definition) is 10. The molecule has 3 heterocycles. The number of tetrazole rings is 1. The Kier molecular flexibility index (Phi) is 6.70. The highest BCUT2D eigenvalue weighted by Gasteiger charge is 2.18. The van der Waals surface area contributed by atoms with Gasteiger partial charge in [-0.3, -0.25) is 0 Å². The molecule has 0 amide bonds. The predicted octanol–water partition coefficient (Wildman–Crippen LogP) is 1.94. The van der Waals surface area contributed by atoms with E-state index in [1.807, 2.05) is 19.1 Å². The van der Waals surface area contributed by atoms with Crippen LogP contribution in [0.1, 0.15) is 11.4 Å². The minimum Gasteiger partial charge on any atom is -0.369 e.